The highest BCUT2D eigenvalue weighted by Crippen LogP contribution is 2.31. The fourth-order valence-electron chi connectivity index (χ4n) is 3.59. The summed E-state index contributed by atoms with van der Waals surface area (Å²) in [5.74, 6) is -0.382. The summed E-state index contributed by atoms with van der Waals surface area (Å²) >= 11 is 0. The molecule has 0 unspecified atom stereocenters. The first-order valence-corrected chi connectivity index (χ1v) is 9.44. The molecule has 2 heterocycles. The van der Waals surface area contributed by atoms with E-state index in [1.807, 2.05) is 18.2 Å². The minimum Gasteiger partial charge on any atom is -0.399 e. The molecule has 5 nitrogen and oxygen atoms in total. The number of fused-ring (bicyclic) bond motifs is 1. The zero-order valence-electron chi connectivity index (χ0n) is 16.0. The summed E-state index contributed by atoms with van der Waals surface area (Å²) in [6.45, 7) is 1.07. The van der Waals surface area contributed by atoms with Gasteiger partial charge in [0.25, 0.3) is 5.91 Å². The third-order valence-corrected chi connectivity index (χ3v) is 5.03. The van der Waals surface area contributed by atoms with Crippen LogP contribution in [0.15, 0.2) is 48.7 Å². The van der Waals surface area contributed by atoms with E-state index in [-0.39, 0.29) is 23.7 Å². The molecule has 1 aromatic heterocycles. The number of halogens is 3. The number of nitrogens with two attached hydrogens (primary N) is 1. The van der Waals surface area contributed by atoms with Crippen molar-refractivity contribution in [3.8, 4) is 0 Å². The van der Waals surface area contributed by atoms with Crippen molar-refractivity contribution in [3.63, 3.8) is 0 Å². The second-order valence-electron chi connectivity index (χ2n) is 7.16. The Kier molecular flexibility index (Phi) is 5.26. The van der Waals surface area contributed by atoms with Gasteiger partial charge >= 0.3 is 6.18 Å². The largest absolute Gasteiger partial charge is 0.416 e. The number of H-pyrrole nitrogens is 1. The number of hydrogen-bond acceptors (Lipinski definition) is 3. The summed E-state index contributed by atoms with van der Waals surface area (Å²) in [4.78, 5) is 16.0. The Hall–Kier alpha value is -3.26. The smallest absolute Gasteiger partial charge is 0.399 e. The van der Waals surface area contributed by atoms with Crippen molar-refractivity contribution in [2.75, 3.05) is 18.9 Å². The molecule has 0 spiro atoms. The van der Waals surface area contributed by atoms with Gasteiger partial charge in [0.05, 0.1) is 29.9 Å². The molecule has 0 aliphatic carbocycles. The zero-order valence-corrected chi connectivity index (χ0v) is 16.0. The van der Waals surface area contributed by atoms with E-state index in [0.29, 0.717) is 24.3 Å². The number of anilines is 1. The van der Waals surface area contributed by atoms with Crippen molar-refractivity contribution < 1.29 is 22.7 Å². The molecule has 0 bridgehead atoms. The third kappa shape index (κ3) is 4.18. The van der Waals surface area contributed by atoms with Crippen LogP contribution in [0, 0.1) is 0 Å². The molecule has 0 radical (unpaired) electrons. The molecule has 30 heavy (non-hydrogen) atoms. The average Bonchev–Trinajstić information content (AvgIpc) is 3.19. The number of carbonyl (C=O) groups excluding carboxylic acids is 1. The Balaban J connectivity index is 1.60. The Morgan fingerprint density at radius 2 is 2.03 bits per heavy atom. The van der Waals surface area contributed by atoms with E-state index in [1.54, 1.807) is 12.3 Å². The summed E-state index contributed by atoms with van der Waals surface area (Å²) in [5.41, 5.74) is 8.17. The number of amides is 1. The molecular weight excluding hydrogens is 395 g/mol. The van der Waals surface area contributed by atoms with Crippen molar-refractivity contribution in [1.82, 2.24) is 10.3 Å². The highest BCUT2D eigenvalue weighted by molar-refractivity contribution is 6.07. The van der Waals surface area contributed by atoms with E-state index in [1.165, 1.54) is 6.07 Å². The first-order valence-electron chi connectivity index (χ1n) is 9.44. The van der Waals surface area contributed by atoms with Gasteiger partial charge in [0.15, 0.2) is 0 Å². The van der Waals surface area contributed by atoms with Crippen LogP contribution in [0.1, 0.15) is 33.5 Å². The number of nitrogens with one attached hydrogen (secondary N) is 2. The highest BCUT2D eigenvalue weighted by atomic mass is 19.4. The summed E-state index contributed by atoms with van der Waals surface area (Å²) in [6.07, 6.45) is -0.0156. The highest BCUT2D eigenvalue weighted by Gasteiger charge is 2.31. The number of aromatic amines is 1. The summed E-state index contributed by atoms with van der Waals surface area (Å²) in [6, 6.07) is 8.97. The maximum Gasteiger partial charge on any atom is 0.416 e. The van der Waals surface area contributed by atoms with Crippen molar-refractivity contribution in [3.05, 3.63) is 70.9 Å². The molecule has 1 aliphatic rings. The van der Waals surface area contributed by atoms with Crippen LogP contribution in [0.3, 0.4) is 0 Å². The van der Waals surface area contributed by atoms with Gasteiger partial charge in [0, 0.05) is 23.8 Å². The number of nitrogen functional groups attached to an aromatic ring is 1. The van der Waals surface area contributed by atoms with Gasteiger partial charge in [0.1, 0.15) is 0 Å². The maximum absolute atomic E-state index is 13.0. The van der Waals surface area contributed by atoms with Crippen LogP contribution in [0.25, 0.3) is 16.5 Å². The van der Waals surface area contributed by atoms with Crippen LogP contribution in [0.5, 0.6) is 0 Å². The van der Waals surface area contributed by atoms with Crippen LogP contribution < -0.4 is 11.1 Å². The van der Waals surface area contributed by atoms with Crippen molar-refractivity contribution in [1.29, 1.82) is 0 Å². The summed E-state index contributed by atoms with van der Waals surface area (Å²) in [5, 5.41) is 3.59. The van der Waals surface area contributed by atoms with Gasteiger partial charge in [-0.15, -0.1) is 0 Å². The van der Waals surface area contributed by atoms with Crippen LogP contribution in [0.4, 0.5) is 18.9 Å². The Morgan fingerprint density at radius 1 is 1.20 bits per heavy atom. The number of ether oxygens (including phenoxy) is 1. The number of carbonyl (C=O) groups is 1. The fourth-order valence-corrected chi connectivity index (χ4v) is 3.59. The van der Waals surface area contributed by atoms with E-state index >= 15 is 0 Å². The first kappa shape index (κ1) is 20.0. The molecular formula is C22H20F3N3O2. The van der Waals surface area contributed by atoms with Crippen LogP contribution in [0.2, 0.25) is 0 Å². The van der Waals surface area contributed by atoms with Gasteiger partial charge in [-0.05, 0) is 59.5 Å². The number of hydrogen-bond donors (Lipinski definition) is 3. The van der Waals surface area contributed by atoms with Crippen molar-refractivity contribution in [2.45, 2.75) is 19.1 Å². The summed E-state index contributed by atoms with van der Waals surface area (Å²) < 4.78 is 44.4. The van der Waals surface area contributed by atoms with Crippen LogP contribution >= 0.6 is 0 Å². The van der Waals surface area contributed by atoms with E-state index in [0.717, 1.165) is 35.1 Å². The zero-order chi connectivity index (χ0) is 21.3. The van der Waals surface area contributed by atoms with E-state index in [9.17, 15) is 18.0 Å². The second kappa shape index (κ2) is 7.87. The minimum absolute atomic E-state index is 0.00529. The minimum atomic E-state index is -4.50. The molecule has 0 saturated heterocycles. The van der Waals surface area contributed by atoms with Crippen molar-refractivity contribution in [2.24, 2.45) is 0 Å². The van der Waals surface area contributed by atoms with Crippen LogP contribution in [-0.2, 0) is 17.5 Å². The maximum atomic E-state index is 13.0. The van der Waals surface area contributed by atoms with Gasteiger partial charge in [-0.3, -0.25) is 4.79 Å². The van der Waals surface area contributed by atoms with Crippen molar-refractivity contribution >= 4 is 28.1 Å². The number of aromatic nitrogens is 1. The molecule has 0 fully saturated rings. The second-order valence-corrected chi connectivity index (χ2v) is 7.16. The molecule has 2 aromatic carbocycles. The predicted octanol–water partition coefficient (Wildman–Crippen LogP) is 4.50. The molecule has 1 amide bonds. The Labute approximate surface area is 170 Å². The van der Waals surface area contributed by atoms with Crippen LogP contribution in [-0.4, -0.2) is 24.1 Å². The number of rotatable bonds is 4. The topological polar surface area (TPSA) is 80.1 Å². The standard InChI is InChI=1S/C22H20F3N3O2/c23-22(24,25)17-7-13(8-18(26)11-17)12-28-21(29)19-10-16(14-2-5-30-6-3-14)9-15-1-4-27-20(15)19/h1-2,4,7-11,27H,3,5-6,12,26H2,(H,28,29). The lowest BCUT2D eigenvalue weighted by atomic mass is 9.97. The molecule has 3 aromatic rings. The molecule has 8 heteroatoms. The fraction of sp³-hybridized carbons (Fsp3) is 0.227. The molecule has 1 aliphatic heterocycles. The average molecular weight is 415 g/mol. The number of benzene rings is 2. The molecule has 0 saturated carbocycles. The monoisotopic (exact) mass is 415 g/mol. The normalized spacial score (nSPS) is 14.6. The molecule has 156 valence electrons. The first-order chi connectivity index (χ1) is 14.3. The quantitative estimate of drug-likeness (QED) is 0.549. The third-order valence-electron chi connectivity index (χ3n) is 5.03. The lowest BCUT2D eigenvalue weighted by Crippen LogP contribution is -2.23. The number of alkyl halides is 3. The van der Waals surface area contributed by atoms with Gasteiger partial charge in [0.2, 0.25) is 0 Å². The summed E-state index contributed by atoms with van der Waals surface area (Å²) in [7, 11) is 0. The van der Waals surface area contributed by atoms with Gasteiger partial charge in [-0.1, -0.05) is 6.08 Å². The SMILES string of the molecule is Nc1cc(CNC(=O)c2cc(C3=CCOCC3)cc3cc[nH]c23)cc(C(F)(F)F)c1. The lowest BCUT2D eigenvalue weighted by molar-refractivity contribution is -0.137. The van der Waals surface area contributed by atoms with E-state index in [4.69, 9.17) is 10.5 Å². The molecule has 4 rings (SSSR count). The Morgan fingerprint density at radius 3 is 2.77 bits per heavy atom. The Bertz CT molecular complexity index is 1130. The van der Waals surface area contributed by atoms with Gasteiger partial charge in [-0.25, -0.2) is 0 Å². The lowest BCUT2D eigenvalue weighted by Gasteiger charge is -2.15. The van der Waals surface area contributed by atoms with E-state index < -0.39 is 11.7 Å². The predicted molar refractivity (Wildman–Crippen MR) is 109 cm³/mol. The van der Waals surface area contributed by atoms with E-state index in [2.05, 4.69) is 10.3 Å². The van der Waals surface area contributed by atoms with Gasteiger partial charge in [-0.2, -0.15) is 13.2 Å². The molecule has 4 N–H and O–H groups in total. The molecule has 0 atom stereocenters. The van der Waals surface area contributed by atoms with Gasteiger partial charge < -0.3 is 20.8 Å².